The van der Waals surface area contributed by atoms with Crippen LogP contribution < -0.4 is 5.32 Å². The second-order valence-corrected chi connectivity index (χ2v) is 4.86. The van der Waals surface area contributed by atoms with Gasteiger partial charge < -0.3 is 15.0 Å². The molecule has 4 nitrogen and oxygen atoms in total. The number of carbonyl (C=O) groups is 1. The van der Waals surface area contributed by atoms with Crippen molar-refractivity contribution >= 4 is 5.97 Å². The average Bonchev–Trinajstić information content (AvgIpc) is 2.39. The van der Waals surface area contributed by atoms with Crippen LogP contribution in [0.25, 0.3) is 0 Å². The van der Waals surface area contributed by atoms with Gasteiger partial charge in [0, 0.05) is 6.54 Å². The van der Waals surface area contributed by atoms with Crippen molar-refractivity contribution in [2.75, 3.05) is 34.3 Å². The molecule has 0 saturated heterocycles. The highest BCUT2D eigenvalue weighted by atomic mass is 16.5. The molecule has 0 fully saturated rings. The van der Waals surface area contributed by atoms with Crippen LogP contribution >= 0.6 is 0 Å². The molecule has 1 aromatic carbocycles. The third-order valence-corrected chi connectivity index (χ3v) is 2.96. The molecule has 4 heteroatoms. The van der Waals surface area contributed by atoms with Crippen molar-refractivity contribution in [3.05, 3.63) is 35.4 Å². The molecule has 0 unspecified atom stereocenters. The fourth-order valence-corrected chi connectivity index (χ4v) is 1.87. The highest BCUT2D eigenvalue weighted by molar-refractivity contribution is 5.72. The Balaban J connectivity index is 2.42. The molecule has 0 saturated carbocycles. The summed E-state index contributed by atoms with van der Waals surface area (Å²) in [6.07, 6.45) is 1.46. The molecule has 0 aliphatic heterocycles. The summed E-state index contributed by atoms with van der Waals surface area (Å²) >= 11 is 0. The summed E-state index contributed by atoms with van der Waals surface area (Å²) in [4.78, 5) is 13.5. The predicted octanol–water partition coefficient (Wildman–Crippen LogP) is 1.44. The zero-order chi connectivity index (χ0) is 14.1. The summed E-state index contributed by atoms with van der Waals surface area (Å²) < 4.78 is 4.71. The largest absolute Gasteiger partial charge is 0.469 e. The minimum Gasteiger partial charge on any atom is -0.469 e. The Bertz CT molecular complexity index is 391. The molecular weight excluding hydrogens is 240 g/mol. The lowest BCUT2D eigenvalue weighted by Crippen LogP contribution is -2.21. The number of benzene rings is 1. The molecule has 0 spiro atoms. The molecule has 0 bridgehead atoms. The van der Waals surface area contributed by atoms with Crippen LogP contribution in [0.15, 0.2) is 24.3 Å². The van der Waals surface area contributed by atoms with Crippen LogP contribution in [-0.4, -0.2) is 45.2 Å². The average molecular weight is 264 g/mol. The molecule has 0 aromatic heterocycles. The Morgan fingerprint density at radius 3 is 2.58 bits per heavy atom. The van der Waals surface area contributed by atoms with Gasteiger partial charge in [-0.2, -0.15) is 0 Å². The van der Waals surface area contributed by atoms with Gasteiger partial charge in [0.2, 0.25) is 0 Å². The Hall–Kier alpha value is -1.39. The van der Waals surface area contributed by atoms with E-state index in [0.717, 1.165) is 37.2 Å². The smallest absolute Gasteiger partial charge is 0.309 e. The third kappa shape index (κ3) is 6.36. The number of esters is 1. The van der Waals surface area contributed by atoms with Gasteiger partial charge in [0.15, 0.2) is 0 Å². The van der Waals surface area contributed by atoms with Gasteiger partial charge in [-0.15, -0.1) is 0 Å². The number of hydrogen-bond donors (Lipinski definition) is 1. The van der Waals surface area contributed by atoms with Gasteiger partial charge in [0.25, 0.3) is 0 Å². The van der Waals surface area contributed by atoms with Crippen molar-refractivity contribution in [1.82, 2.24) is 10.2 Å². The number of rotatable bonds is 8. The Morgan fingerprint density at radius 2 is 1.95 bits per heavy atom. The van der Waals surface area contributed by atoms with E-state index < -0.39 is 0 Å². The summed E-state index contributed by atoms with van der Waals surface area (Å²) in [5.41, 5.74) is 2.20. The van der Waals surface area contributed by atoms with E-state index in [4.69, 9.17) is 4.74 Å². The monoisotopic (exact) mass is 264 g/mol. The van der Waals surface area contributed by atoms with Crippen molar-refractivity contribution in [3.63, 3.8) is 0 Å². The highest BCUT2D eigenvalue weighted by Gasteiger charge is 2.07. The number of nitrogens with one attached hydrogen (secondary N) is 1. The normalized spacial score (nSPS) is 10.7. The summed E-state index contributed by atoms with van der Waals surface area (Å²) in [5.74, 6) is -0.194. The molecule has 0 amide bonds. The van der Waals surface area contributed by atoms with Crippen LogP contribution in [0.4, 0.5) is 0 Å². The first-order valence-corrected chi connectivity index (χ1v) is 6.62. The Morgan fingerprint density at radius 1 is 1.26 bits per heavy atom. The van der Waals surface area contributed by atoms with Crippen LogP contribution in [0.5, 0.6) is 0 Å². The highest BCUT2D eigenvalue weighted by Crippen LogP contribution is 2.10. The molecule has 19 heavy (non-hydrogen) atoms. The maximum atomic E-state index is 11.3. The van der Waals surface area contributed by atoms with Gasteiger partial charge in [0.05, 0.1) is 13.5 Å². The second-order valence-electron chi connectivity index (χ2n) is 4.86. The number of methoxy groups -OCH3 is 1. The fraction of sp³-hybridized carbons (Fsp3) is 0.533. The standard InChI is InChI=1S/C15H24N2O2/c1-17(2)10-6-9-16-12-14-8-5-4-7-13(14)11-15(18)19-3/h4-5,7-8,16H,6,9-12H2,1-3H3. The fourth-order valence-electron chi connectivity index (χ4n) is 1.87. The predicted molar refractivity (Wildman–Crippen MR) is 77.0 cm³/mol. The van der Waals surface area contributed by atoms with Crippen molar-refractivity contribution in [2.24, 2.45) is 0 Å². The van der Waals surface area contributed by atoms with Gasteiger partial charge in [-0.25, -0.2) is 0 Å². The first-order valence-electron chi connectivity index (χ1n) is 6.62. The Labute approximate surface area is 115 Å². The van der Waals surface area contributed by atoms with Gasteiger partial charge in [-0.1, -0.05) is 24.3 Å². The number of ether oxygens (including phenoxy) is 1. The molecule has 0 atom stereocenters. The summed E-state index contributed by atoms with van der Waals surface area (Å²) in [5, 5.41) is 3.41. The van der Waals surface area contributed by atoms with Crippen LogP contribution in [-0.2, 0) is 22.5 Å². The molecule has 0 heterocycles. The van der Waals surface area contributed by atoms with Crippen molar-refractivity contribution in [2.45, 2.75) is 19.4 Å². The van der Waals surface area contributed by atoms with Gasteiger partial charge >= 0.3 is 5.97 Å². The minimum absolute atomic E-state index is 0.194. The first kappa shape index (κ1) is 15.7. The van der Waals surface area contributed by atoms with Crippen LogP contribution in [0.3, 0.4) is 0 Å². The lowest BCUT2D eigenvalue weighted by molar-refractivity contribution is -0.139. The Kier molecular flexibility index (Phi) is 7.15. The quantitative estimate of drug-likeness (QED) is 0.570. The summed E-state index contributed by atoms with van der Waals surface area (Å²) in [6, 6.07) is 7.98. The maximum absolute atomic E-state index is 11.3. The molecule has 1 aromatic rings. The van der Waals surface area contributed by atoms with Gasteiger partial charge in [0.1, 0.15) is 0 Å². The summed E-state index contributed by atoms with van der Waals surface area (Å²) in [6.45, 7) is 2.85. The van der Waals surface area contributed by atoms with E-state index in [1.54, 1.807) is 0 Å². The van der Waals surface area contributed by atoms with E-state index in [9.17, 15) is 4.79 Å². The zero-order valence-corrected chi connectivity index (χ0v) is 12.1. The molecule has 0 aliphatic carbocycles. The van der Waals surface area contributed by atoms with Crippen molar-refractivity contribution in [3.8, 4) is 0 Å². The minimum atomic E-state index is -0.194. The van der Waals surface area contributed by atoms with E-state index in [1.165, 1.54) is 7.11 Å². The molecule has 1 rings (SSSR count). The van der Waals surface area contributed by atoms with Gasteiger partial charge in [-0.05, 0) is 44.7 Å². The van der Waals surface area contributed by atoms with E-state index >= 15 is 0 Å². The van der Waals surface area contributed by atoms with Crippen LogP contribution in [0.2, 0.25) is 0 Å². The van der Waals surface area contributed by atoms with E-state index in [0.29, 0.717) is 6.42 Å². The third-order valence-electron chi connectivity index (χ3n) is 2.96. The maximum Gasteiger partial charge on any atom is 0.309 e. The van der Waals surface area contributed by atoms with Crippen LogP contribution in [0, 0.1) is 0 Å². The number of carbonyl (C=O) groups excluding carboxylic acids is 1. The number of hydrogen-bond acceptors (Lipinski definition) is 4. The molecule has 1 N–H and O–H groups in total. The number of nitrogens with zero attached hydrogens (tertiary/aromatic N) is 1. The van der Waals surface area contributed by atoms with E-state index in [1.807, 2.05) is 18.2 Å². The van der Waals surface area contributed by atoms with Crippen LogP contribution in [0.1, 0.15) is 17.5 Å². The van der Waals surface area contributed by atoms with E-state index in [2.05, 4.69) is 30.4 Å². The topological polar surface area (TPSA) is 41.6 Å². The first-order chi connectivity index (χ1) is 9.13. The molecule has 0 aliphatic rings. The lowest BCUT2D eigenvalue weighted by atomic mass is 10.0. The second kappa shape index (κ2) is 8.67. The molecule has 106 valence electrons. The molecule has 0 radical (unpaired) electrons. The van der Waals surface area contributed by atoms with Crippen molar-refractivity contribution < 1.29 is 9.53 Å². The lowest BCUT2D eigenvalue weighted by Gasteiger charge is -2.12. The zero-order valence-electron chi connectivity index (χ0n) is 12.1. The van der Waals surface area contributed by atoms with Crippen molar-refractivity contribution in [1.29, 1.82) is 0 Å². The summed E-state index contributed by atoms with van der Waals surface area (Å²) in [7, 11) is 5.57. The van der Waals surface area contributed by atoms with E-state index in [-0.39, 0.29) is 5.97 Å². The van der Waals surface area contributed by atoms with Gasteiger partial charge in [-0.3, -0.25) is 4.79 Å². The SMILES string of the molecule is COC(=O)Cc1ccccc1CNCCCN(C)C. The molecular formula is C15H24N2O2.